The Morgan fingerprint density at radius 2 is 2.00 bits per heavy atom. The summed E-state index contributed by atoms with van der Waals surface area (Å²) in [7, 11) is 0. The van der Waals surface area contributed by atoms with Crippen LogP contribution in [0.25, 0.3) is 0 Å². The fourth-order valence-electron chi connectivity index (χ4n) is 2.09. The average Bonchev–Trinajstić information content (AvgIpc) is 3.04. The minimum atomic E-state index is -0.765. The zero-order valence-electron chi connectivity index (χ0n) is 12.6. The number of hydrogen-bond donors (Lipinski definition) is 3. The van der Waals surface area contributed by atoms with E-state index in [0.29, 0.717) is 5.56 Å². The molecular formula is C16H18F2N2O2S. The zero-order valence-corrected chi connectivity index (χ0v) is 13.4. The van der Waals surface area contributed by atoms with Crippen molar-refractivity contribution in [1.82, 2.24) is 10.6 Å². The van der Waals surface area contributed by atoms with Crippen LogP contribution in [0.2, 0.25) is 0 Å². The molecule has 0 aliphatic carbocycles. The van der Waals surface area contributed by atoms with Gasteiger partial charge in [0.15, 0.2) is 0 Å². The molecule has 1 aromatic heterocycles. The SMILES string of the molecule is C[C@@H](CNC(=O)NC[C@H](O)c1ccsc1)c1ccc(F)cc1F. The van der Waals surface area contributed by atoms with Crippen molar-refractivity contribution in [2.75, 3.05) is 13.1 Å². The fraction of sp³-hybridized carbons (Fsp3) is 0.312. The number of amides is 2. The zero-order chi connectivity index (χ0) is 16.8. The minimum Gasteiger partial charge on any atom is -0.387 e. The molecule has 2 rings (SSSR count). The lowest BCUT2D eigenvalue weighted by molar-refractivity contribution is 0.173. The van der Waals surface area contributed by atoms with Crippen molar-refractivity contribution < 1.29 is 18.7 Å². The Labute approximate surface area is 137 Å². The van der Waals surface area contributed by atoms with Crippen molar-refractivity contribution in [3.8, 4) is 0 Å². The van der Waals surface area contributed by atoms with Crippen molar-refractivity contribution in [3.63, 3.8) is 0 Å². The quantitative estimate of drug-likeness (QED) is 0.756. The molecule has 124 valence electrons. The van der Waals surface area contributed by atoms with Crippen LogP contribution in [0, 0.1) is 11.6 Å². The number of aliphatic hydroxyl groups excluding tert-OH is 1. The predicted octanol–water partition coefficient (Wildman–Crippen LogP) is 3.16. The van der Waals surface area contributed by atoms with Crippen LogP contribution in [0.4, 0.5) is 13.6 Å². The number of carbonyl (C=O) groups excluding carboxylic acids is 1. The first-order valence-corrected chi connectivity index (χ1v) is 8.08. The predicted molar refractivity (Wildman–Crippen MR) is 85.5 cm³/mol. The molecule has 7 heteroatoms. The first-order valence-electron chi connectivity index (χ1n) is 7.14. The first-order chi connectivity index (χ1) is 11.0. The Kier molecular flexibility index (Phi) is 6.06. The van der Waals surface area contributed by atoms with E-state index in [1.807, 2.05) is 10.8 Å². The molecule has 0 aliphatic heterocycles. The van der Waals surface area contributed by atoms with Crippen molar-refractivity contribution in [3.05, 3.63) is 57.8 Å². The summed E-state index contributed by atoms with van der Waals surface area (Å²) in [5, 5.41) is 18.7. The van der Waals surface area contributed by atoms with Crippen molar-refractivity contribution in [2.45, 2.75) is 18.9 Å². The summed E-state index contributed by atoms with van der Waals surface area (Å²) in [6.45, 7) is 2.02. The normalized spacial score (nSPS) is 13.4. The lowest BCUT2D eigenvalue weighted by Crippen LogP contribution is -2.39. The molecule has 0 saturated heterocycles. The number of hydrogen-bond acceptors (Lipinski definition) is 3. The minimum absolute atomic E-state index is 0.0852. The van der Waals surface area contributed by atoms with Gasteiger partial charge in [0.1, 0.15) is 11.6 Å². The van der Waals surface area contributed by atoms with Gasteiger partial charge in [-0.2, -0.15) is 11.3 Å². The number of urea groups is 1. The van der Waals surface area contributed by atoms with Crippen LogP contribution in [0.5, 0.6) is 0 Å². The van der Waals surface area contributed by atoms with Crippen molar-refractivity contribution >= 4 is 17.4 Å². The van der Waals surface area contributed by atoms with E-state index in [1.54, 1.807) is 13.0 Å². The summed E-state index contributed by atoms with van der Waals surface area (Å²) in [6, 6.07) is 4.72. The van der Waals surface area contributed by atoms with Gasteiger partial charge in [-0.3, -0.25) is 0 Å². The number of nitrogens with one attached hydrogen (secondary N) is 2. The summed E-state index contributed by atoms with van der Waals surface area (Å²) in [6.07, 6.45) is -0.765. The molecule has 0 radical (unpaired) electrons. The summed E-state index contributed by atoms with van der Waals surface area (Å²) in [5.74, 6) is -1.57. The number of aliphatic hydroxyl groups is 1. The van der Waals surface area contributed by atoms with Gasteiger partial charge in [-0.15, -0.1) is 0 Å². The number of benzene rings is 1. The van der Waals surface area contributed by atoms with E-state index < -0.39 is 23.8 Å². The Hall–Kier alpha value is -1.99. The van der Waals surface area contributed by atoms with Crippen LogP contribution < -0.4 is 10.6 Å². The second-order valence-electron chi connectivity index (χ2n) is 5.23. The topological polar surface area (TPSA) is 61.4 Å². The molecule has 1 aromatic carbocycles. The van der Waals surface area contributed by atoms with Crippen LogP contribution in [0.1, 0.15) is 30.1 Å². The third-order valence-corrected chi connectivity index (χ3v) is 4.15. The van der Waals surface area contributed by atoms with Gasteiger partial charge in [-0.25, -0.2) is 13.6 Å². The van der Waals surface area contributed by atoms with Crippen LogP contribution >= 0.6 is 11.3 Å². The standard InChI is InChI=1S/C16H18F2N2O2S/c1-10(13-3-2-12(17)6-14(13)18)7-19-16(22)20-8-15(21)11-4-5-23-9-11/h2-6,9-10,15,21H,7-8H2,1H3,(H2,19,20,22)/t10-,15-/m0/s1. The maximum absolute atomic E-state index is 13.6. The van der Waals surface area contributed by atoms with Gasteiger partial charge >= 0.3 is 6.03 Å². The van der Waals surface area contributed by atoms with Crippen molar-refractivity contribution in [1.29, 1.82) is 0 Å². The fourth-order valence-corrected chi connectivity index (χ4v) is 2.80. The third kappa shape index (κ3) is 5.01. The highest BCUT2D eigenvalue weighted by Crippen LogP contribution is 2.19. The highest BCUT2D eigenvalue weighted by Gasteiger charge is 2.14. The van der Waals surface area contributed by atoms with E-state index in [4.69, 9.17) is 0 Å². The molecule has 3 N–H and O–H groups in total. The Morgan fingerprint density at radius 1 is 1.26 bits per heavy atom. The van der Waals surface area contributed by atoms with Gasteiger partial charge in [0.25, 0.3) is 0 Å². The van der Waals surface area contributed by atoms with E-state index in [1.165, 1.54) is 23.5 Å². The van der Waals surface area contributed by atoms with Gasteiger partial charge in [-0.05, 0) is 34.0 Å². The number of halogens is 2. The van der Waals surface area contributed by atoms with Crippen LogP contribution in [0.15, 0.2) is 35.0 Å². The lowest BCUT2D eigenvalue weighted by atomic mass is 10.0. The second-order valence-corrected chi connectivity index (χ2v) is 6.01. The van der Waals surface area contributed by atoms with Crippen LogP contribution in [-0.2, 0) is 0 Å². The Balaban J connectivity index is 1.77. The van der Waals surface area contributed by atoms with E-state index in [-0.39, 0.29) is 19.0 Å². The Morgan fingerprint density at radius 3 is 2.65 bits per heavy atom. The molecule has 23 heavy (non-hydrogen) atoms. The molecule has 0 unspecified atom stereocenters. The number of thiophene rings is 1. The molecule has 0 bridgehead atoms. The molecular weight excluding hydrogens is 322 g/mol. The Bertz CT molecular complexity index is 650. The number of rotatable bonds is 6. The van der Waals surface area contributed by atoms with E-state index >= 15 is 0 Å². The molecule has 1 heterocycles. The summed E-state index contributed by atoms with van der Waals surface area (Å²) < 4.78 is 26.5. The molecule has 2 aromatic rings. The van der Waals surface area contributed by atoms with Gasteiger partial charge < -0.3 is 15.7 Å². The van der Waals surface area contributed by atoms with Gasteiger partial charge in [0, 0.05) is 25.1 Å². The summed E-state index contributed by atoms with van der Waals surface area (Å²) in [5.41, 5.74) is 1.09. The highest BCUT2D eigenvalue weighted by molar-refractivity contribution is 7.07. The van der Waals surface area contributed by atoms with E-state index in [0.717, 1.165) is 11.6 Å². The largest absolute Gasteiger partial charge is 0.387 e. The molecule has 0 saturated carbocycles. The molecule has 0 aliphatic rings. The van der Waals surface area contributed by atoms with Crippen molar-refractivity contribution in [2.24, 2.45) is 0 Å². The van der Waals surface area contributed by atoms with E-state index in [9.17, 15) is 18.7 Å². The molecule has 4 nitrogen and oxygen atoms in total. The number of carbonyl (C=O) groups is 1. The van der Waals surface area contributed by atoms with Crippen LogP contribution in [-0.4, -0.2) is 24.2 Å². The monoisotopic (exact) mass is 340 g/mol. The average molecular weight is 340 g/mol. The first kappa shape index (κ1) is 17.4. The van der Waals surface area contributed by atoms with Gasteiger partial charge in [0.05, 0.1) is 6.10 Å². The summed E-state index contributed by atoms with van der Waals surface area (Å²) >= 11 is 1.47. The van der Waals surface area contributed by atoms with E-state index in [2.05, 4.69) is 10.6 Å². The van der Waals surface area contributed by atoms with Gasteiger partial charge in [-0.1, -0.05) is 13.0 Å². The lowest BCUT2D eigenvalue weighted by Gasteiger charge is -2.15. The van der Waals surface area contributed by atoms with Crippen LogP contribution in [0.3, 0.4) is 0 Å². The molecule has 2 atom stereocenters. The molecule has 0 fully saturated rings. The maximum Gasteiger partial charge on any atom is 0.314 e. The smallest absolute Gasteiger partial charge is 0.314 e. The highest BCUT2D eigenvalue weighted by atomic mass is 32.1. The molecule has 0 spiro atoms. The van der Waals surface area contributed by atoms with Gasteiger partial charge in [0.2, 0.25) is 0 Å². The maximum atomic E-state index is 13.6. The molecule has 2 amide bonds. The second kappa shape index (κ2) is 8.03. The summed E-state index contributed by atoms with van der Waals surface area (Å²) in [4.78, 5) is 11.7. The third-order valence-electron chi connectivity index (χ3n) is 3.45.